The van der Waals surface area contributed by atoms with Gasteiger partial charge in [0.1, 0.15) is 0 Å². The Morgan fingerprint density at radius 3 is 2.56 bits per heavy atom. The van der Waals surface area contributed by atoms with Gasteiger partial charge in [0.05, 0.1) is 11.6 Å². The number of nitrogens with zero attached hydrogens (tertiary/aromatic N) is 1. The zero-order valence-electron chi connectivity index (χ0n) is 10.5. The van der Waals surface area contributed by atoms with Crippen LogP contribution < -0.4 is 0 Å². The molecule has 4 heteroatoms. The van der Waals surface area contributed by atoms with Crippen molar-refractivity contribution >= 4 is 11.7 Å². The summed E-state index contributed by atoms with van der Waals surface area (Å²) in [6.07, 6.45) is 1.01. The molecular weight excluding hydrogens is 206 g/mol. The first-order chi connectivity index (χ1) is 7.22. The van der Waals surface area contributed by atoms with Gasteiger partial charge in [-0.3, -0.25) is 9.59 Å². The Balaban J connectivity index is 2.78. The molecule has 0 aliphatic carbocycles. The van der Waals surface area contributed by atoms with Crippen LogP contribution in [0, 0.1) is 5.92 Å². The van der Waals surface area contributed by atoms with Crippen molar-refractivity contribution < 1.29 is 14.7 Å². The SMILES string of the molecule is CC(C)C(=O)[C@@H]1CCC(=O)N1CC(C)(C)O. The van der Waals surface area contributed by atoms with Crippen LogP contribution in [0.5, 0.6) is 0 Å². The Kier molecular flexibility index (Phi) is 3.73. The number of hydrogen-bond acceptors (Lipinski definition) is 3. The molecule has 1 heterocycles. The Hall–Kier alpha value is -0.900. The van der Waals surface area contributed by atoms with Crippen LogP contribution in [0.25, 0.3) is 0 Å². The third-order valence-electron chi connectivity index (χ3n) is 2.78. The van der Waals surface area contributed by atoms with Crippen LogP contribution in [0.1, 0.15) is 40.5 Å². The molecule has 1 fully saturated rings. The summed E-state index contributed by atoms with van der Waals surface area (Å²) >= 11 is 0. The Bertz CT molecular complexity index is 291. The van der Waals surface area contributed by atoms with E-state index in [-0.39, 0.29) is 30.2 Å². The highest BCUT2D eigenvalue weighted by molar-refractivity contribution is 5.93. The fourth-order valence-electron chi connectivity index (χ4n) is 2.03. The molecule has 1 atom stereocenters. The molecular formula is C12H21NO3. The Morgan fingerprint density at radius 1 is 1.56 bits per heavy atom. The number of rotatable bonds is 4. The number of β-amino-alcohol motifs (C(OH)–C–C–N with tert-alkyl or cyclic N) is 1. The van der Waals surface area contributed by atoms with Crippen LogP contribution in [-0.4, -0.2) is 39.9 Å². The molecule has 0 aromatic heterocycles. The Labute approximate surface area is 96.6 Å². The number of likely N-dealkylation sites (tertiary alicyclic amines) is 1. The maximum atomic E-state index is 11.9. The largest absolute Gasteiger partial charge is 0.389 e. The molecule has 0 spiro atoms. The van der Waals surface area contributed by atoms with E-state index in [0.29, 0.717) is 12.8 Å². The molecule has 0 saturated carbocycles. The van der Waals surface area contributed by atoms with E-state index >= 15 is 0 Å². The average molecular weight is 227 g/mol. The minimum Gasteiger partial charge on any atom is -0.389 e. The van der Waals surface area contributed by atoms with Crippen molar-refractivity contribution in [1.82, 2.24) is 4.90 Å². The summed E-state index contributed by atoms with van der Waals surface area (Å²) in [4.78, 5) is 25.1. The van der Waals surface area contributed by atoms with Crippen LogP contribution in [0.15, 0.2) is 0 Å². The lowest BCUT2D eigenvalue weighted by molar-refractivity contribution is -0.138. The van der Waals surface area contributed by atoms with Crippen LogP contribution >= 0.6 is 0 Å². The molecule has 0 radical (unpaired) electrons. The number of aliphatic hydroxyl groups is 1. The van der Waals surface area contributed by atoms with Gasteiger partial charge in [-0.05, 0) is 20.3 Å². The van der Waals surface area contributed by atoms with Crippen molar-refractivity contribution in [2.24, 2.45) is 5.92 Å². The topological polar surface area (TPSA) is 57.6 Å². The van der Waals surface area contributed by atoms with Crippen molar-refractivity contribution in [2.75, 3.05) is 6.54 Å². The molecule has 16 heavy (non-hydrogen) atoms. The van der Waals surface area contributed by atoms with E-state index in [1.807, 2.05) is 13.8 Å². The van der Waals surface area contributed by atoms with Crippen molar-refractivity contribution in [3.8, 4) is 0 Å². The predicted octanol–water partition coefficient (Wildman–Crippen LogP) is 0.973. The summed E-state index contributed by atoms with van der Waals surface area (Å²) in [5, 5.41) is 9.73. The summed E-state index contributed by atoms with van der Waals surface area (Å²) in [7, 11) is 0. The zero-order chi connectivity index (χ0) is 12.5. The lowest BCUT2D eigenvalue weighted by Gasteiger charge is -2.30. The first kappa shape index (κ1) is 13.2. The first-order valence-corrected chi connectivity index (χ1v) is 5.78. The predicted molar refractivity (Wildman–Crippen MR) is 60.9 cm³/mol. The monoisotopic (exact) mass is 227 g/mol. The van der Waals surface area contributed by atoms with Gasteiger partial charge in [-0.25, -0.2) is 0 Å². The fourth-order valence-corrected chi connectivity index (χ4v) is 2.03. The van der Waals surface area contributed by atoms with Crippen LogP contribution in [-0.2, 0) is 9.59 Å². The van der Waals surface area contributed by atoms with E-state index in [2.05, 4.69) is 0 Å². The fraction of sp³-hybridized carbons (Fsp3) is 0.833. The van der Waals surface area contributed by atoms with Gasteiger partial charge in [0.15, 0.2) is 5.78 Å². The quantitative estimate of drug-likeness (QED) is 0.778. The summed E-state index contributed by atoms with van der Waals surface area (Å²) in [5.74, 6) is -0.00331. The highest BCUT2D eigenvalue weighted by atomic mass is 16.3. The van der Waals surface area contributed by atoms with Gasteiger partial charge in [-0.15, -0.1) is 0 Å². The summed E-state index contributed by atoms with van der Waals surface area (Å²) in [5.41, 5.74) is -0.949. The normalized spacial score (nSPS) is 22.0. The van der Waals surface area contributed by atoms with Gasteiger partial charge in [0, 0.05) is 18.9 Å². The smallest absolute Gasteiger partial charge is 0.223 e. The number of carbonyl (C=O) groups excluding carboxylic acids is 2. The molecule has 0 unspecified atom stereocenters. The molecule has 1 rings (SSSR count). The molecule has 92 valence electrons. The molecule has 0 aromatic carbocycles. The summed E-state index contributed by atoms with van der Waals surface area (Å²) in [6, 6.07) is -0.334. The average Bonchev–Trinajstić information content (AvgIpc) is 2.44. The van der Waals surface area contributed by atoms with Gasteiger partial charge in [-0.2, -0.15) is 0 Å². The van der Waals surface area contributed by atoms with E-state index in [4.69, 9.17) is 0 Å². The molecule has 0 bridgehead atoms. The third-order valence-corrected chi connectivity index (χ3v) is 2.78. The third kappa shape index (κ3) is 3.04. The van der Waals surface area contributed by atoms with E-state index < -0.39 is 5.60 Å². The van der Waals surface area contributed by atoms with E-state index in [1.54, 1.807) is 13.8 Å². The van der Waals surface area contributed by atoms with E-state index in [0.717, 1.165) is 0 Å². The van der Waals surface area contributed by atoms with Gasteiger partial charge < -0.3 is 10.0 Å². The second-order valence-electron chi connectivity index (χ2n) is 5.45. The highest BCUT2D eigenvalue weighted by Crippen LogP contribution is 2.24. The summed E-state index contributed by atoms with van der Waals surface area (Å²) < 4.78 is 0. The molecule has 1 amide bonds. The molecule has 1 aliphatic heterocycles. The van der Waals surface area contributed by atoms with E-state index in [9.17, 15) is 14.7 Å². The van der Waals surface area contributed by atoms with Crippen LogP contribution in [0.4, 0.5) is 0 Å². The van der Waals surface area contributed by atoms with Gasteiger partial charge in [0.2, 0.25) is 5.91 Å². The molecule has 0 aromatic rings. The minimum absolute atomic E-state index is 0.0267. The maximum absolute atomic E-state index is 11.9. The number of amides is 1. The minimum atomic E-state index is -0.949. The van der Waals surface area contributed by atoms with Crippen molar-refractivity contribution in [3.05, 3.63) is 0 Å². The zero-order valence-corrected chi connectivity index (χ0v) is 10.5. The van der Waals surface area contributed by atoms with Crippen molar-refractivity contribution in [1.29, 1.82) is 0 Å². The maximum Gasteiger partial charge on any atom is 0.223 e. The van der Waals surface area contributed by atoms with Crippen molar-refractivity contribution in [2.45, 2.75) is 52.2 Å². The highest BCUT2D eigenvalue weighted by Gasteiger charge is 2.38. The lowest BCUT2D eigenvalue weighted by Crippen LogP contribution is -2.47. The second kappa shape index (κ2) is 4.53. The Morgan fingerprint density at radius 2 is 2.12 bits per heavy atom. The standard InChI is InChI=1S/C12H21NO3/c1-8(2)11(15)9-5-6-10(14)13(9)7-12(3,4)16/h8-9,16H,5-7H2,1-4H3/t9-/m0/s1. The van der Waals surface area contributed by atoms with Crippen LogP contribution in [0.2, 0.25) is 0 Å². The number of Topliss-reactive ketones (excluding diaryl/α,β-unsaturated/α-hetero) is 1. The number of ketones is 1. The number of hydrogen-bond donors (Lipinski definition) is 1. The molecule has 4 nitrogen and oxygen atoms in total. The molecule has 1 N–H and O–H groups in total. The van der Waals surface area contributed by atoms with Crippen molar-refractivity contribution in [3.63, 3.8) is 0 Å². The first-order valence-electron chi connectivity index (χ1n) is 5.78. The number of carbonyl (C=O) groups is 2. The van der Waals surface area contributed by atoms with Gasteiger partial charge >= 0.3 is 0 Å². The molecule has 1 aliphatic rings. The summed E-state index contributed by atoms with van der Waals surface area (Å²) in [6.45, 7) is 7.21. The van der Waals surface area contributed by atoms with Crippen LogP contribution in [0.3, 0.4) is 0 Å². The molecule has 1 saturated heterocycles. The van der Waals surface area contributed by atoms with Gasteiger partial charge in [0.25, 0.3) is 0 Å². The van der Waals surface area contributed by atoms with E-state index in [1.165, 1.54) is 4.90 Å². The second-order valence-corrected chi connectivity index (χ2v) is 5.45. The van der Waals surface area contributed by atoms with Gasteiger partial charge in [-0.1, -0.05) is 13.8 Å². The lowest BCUT2D eigenvalue weighted by atomic mass is 9.99.